The molecule has 0 aliphatic heterocycles. The first-order chi connectivity index (χ1) is 17.5. The van der Waals surface area contributed by atoms with Gasteiger partial charge in [-0.05, 0) is 49.8 Å². The van der Waals surface area contributed by atoms with Crippen LogP contribution in [0.25, 0.3) is 0 Å². The molecule has 0 radical (unpaired) electrons. The number of aromatic carboxylic acids is 1. The molecule has 2 atom stereocenters. The average molecular weight is 503 g/mol. The molecule has 0 amide bonds. The van der Waals surface area contributed by atoms with E-state index in [1.54, 1.807) is 12.1 Å². The van der Waals surface area contributed by atoms with Crippen molar-refractivity contribution in [1.29, 1.82) is 0 Å². The number of carboxylic acid groups (broad SMARTS) is 1. The topological polar surface area (TPSA) is 89.3 Å². The molecule has 1 aromatic carbocycles. The third-order valence-corrected chi connectivity index (χ3v) is 7.50. The number of aryl methyl sites for hydroxylation is 1. The second-order valence-corrected chi connectivity index (χ2v) is 11.1. The molecule has 0 saturated heterocycles. The molecule has 0 spiro atoms. The molecule has 1 rings (SSSR count). The van der Waals surface area contributed by atoms with Crippen LogP contribution in [0.2, 0.25) is 0 Å². The van der Waals surface area contributed by atoms with Gasteiger partial charge in [0.05, 0.1) is 5.56 Å². The molecule has 0 aliphatic rings. The zero-order valence-corrected chi connectivity index (χ0v) is 23.5. The first-order valence-electron chi connectivity index (χ1n) is 15.4. The van der Waals surface area contributed by atoms with Crippen LogP contribution in [0.3, 0.4) is 0 Å². The summed E-state index contributed by atoms with van der Waals surface area (Å²) < 4.78 is 0. The van der Waals surface area contributed by atoms with Crippen LogP contribution >= 0.6 is 0 Å². The fraction of sp³-hybridized carbons (Fsp3) is 0.781. The summed E-state index contributed by atoms with van der Waals surface area (Å²) in [6.45, 7) is 2.28. The molecule has 5 N–H and O–H groups in total. The number of nitrogens with two attached hydrogens (primary N) is 2. The predicted octanol–water partition coefficient (Wildman–Crippen LogP) is 8.79. The highest BCUT2D eigenvalue weighted by Crippen LogP contribution is 2.16. The van der Waals surface area contributed by atoms with Gasteiger partial charge in [0.25, 0.3) is 0 Å². The zero-order chi connectivity index (χ0) is 26.3. The molecule has 0 aliphatic carbocycles. The van der Waals surface area contributed by atoms with Gasteiger partial charge in [0.15, 0.2) is 0 Å². The van der Waals surface area contributed by atoms with E-state index in [4.69, 9.17) is 16.6 Å². The molecule has 4 nitrogen and oxygen atoms in total. The third-order valence-electron chi connectivity index (χ3n) is 7.50. The minimum absolute atomic E-state index is 0.259. The van der Waals surface area contributed by atoms with Gasteiger partial charge in [-0.15, -0.1) is 0 Å². The molecular weight excluding hydrogens is 444 g/mol. The highest BCUT2D eigenvalue weighted by atomic mass is 16.4. The van der Waals surface area contributed by atoms with Gasteiger partial charge in [0.1, 0.15) is 0 Å². The summed E-state index contributed by atoms with van der Waals surface area (Å²) in [6, 6.07) is 7.86. The van der Waals surface area contributed by atoms with Gasteiger partial charge in [0.2, 0.25) is 0 Å². The number of rotatable bonds is 25. The van der Waals surface area contributed by atoms with Crippen molar-refractivity contribution in [1.82, 2.24) is 0 Å². The summed E-state index contributed by atoms with van der Waals surface area (Å²) in [4.78, 5) is 11.1. The van der Waals surface area contributed by atoms with Crippen molar-refractivity contribution in [2.24, 2.45) is 11.5 Å². The maximum Gasteiger partial charge on any atom is 0.335 e. The van der Waals surface area contributed by atoms with Crippen molar-refractivity contribution in [3.63, 3.8) is 0 Å². The Hall–Kier alpha value is -1.39. The van der Waals surface area contributed by atoms with Gasteiger partial charge in [-0.1, -0.05) is 128 Å². The molecule has 36 heavy (non-hydrogen) atoms. The van der Waals surface area contributed by atoms with Gasteiger partial charge in [-0.2, -0.15) is 0 Å². The van der Waals surface area contributed by atoms with Crippen LogP contribution in [-0.2, 0) is 6.42 Å². The number of carboxylic acids is 1. The van der Waals surface area contributed by atoms with E-state index in [9.17, 15) is 4.79 Å². The lowest BCUT2D eigenvalue weighted by Crippen LogP contribution is -2.31. The Labute approximate surface area is 223 Å². The normalized spacial score (nSPS) is 13.1. The summed E-state index contributed by atoms with van der Waals surface area (Å²) >= 11 is 0. The lowest BCUT2D eigenvalue weighted by atomic mass is 9.97. The fourth-order valence-electron chi connectivity index (χ4n) is 5.17. The van der Waals surface area contributed by atoms with E-state index in [0.717, 1.165) is 37.7 Å². The molecule has 0 saturated carbocycles. The van der Waals surface area contributed by atoms with Crippen molar-refractivity contribution >= 4 is 5.97 Å². The average Bonchev–Trinajstić information content (AvgIpc) is 2.86. The number of benzene rings is 1. The summed E-state index contributed by atoms with van der Waals surface area (Å²) in [7, 11) is 0. The van der Waals surface area contributed by atoms with E-state index in [1.165, 1.54) is 109 Å². The molecule has 0 heterocycles. The summed E-state index contributed by atoms with van der Waals surface area (Å²) in [5.74, 6) is -0.845. The minimum Gasteiger partial charge on any atom is -0.478 e. The maximum absolute atomic E-state index is 11.1. The summed E-state index contributed by atoms with van der Waals surface area (Å²) in [6.07, 6.45) is 28.0. The highest BCUT2D eigenvalue weighted by molar-refractivity contribution is 5.87. The van der Waals surface area contributed by atoms with Gasteiger partial charge < -0.3 is 16.6 Å². The molecular formula is C32H58N2O2. The van der Waals surface area contributed by atoms with Crippen molar-refractivity contribution in [3.05, 3.63) is 35.4 Å². The third kappa shape index (κ3) is 18.8. The van der Waals surface area contributed by atoms with Crippen molar-refractivity contribution < 1.29 is 9.90 Å². The Bertz CT molecular complexity index is 649. The predicted molar refractivity (Wildman–Crippen MR) is 156 cm³/mol. The van der Waals surface area contributed by atoms with Gasteiger partial charge in [0, 0.05) is 12.1 Å². The van der Waals surface area contributed by atoms with Gasteiger partial charge in [-0.25, -0.2) is 4.79 Å². The van der Waals surface area contributed by atoms with Crippen LogP contribution in [0.1, 0.15) is 158 Å². The second kappa shape index (κ2) is 22.8. The van der Waals surface area contributed by atoms with Crippen LogP contribution in [0.5, 0.6) is 0 Å². The fourth-order valence-corrected chi connectivity index (χ4v) is 5.17. The zero-order valence-electron chi connectivity index (χ0n) is 23.5. The monoisotopic (exact) mass is 502 g/mol. The van der Waals surface area contributed by atoms with E-state index in [2.05, 4.69) is 6.92 Å². The number of hydrogen-bond donors (Lipinski definition) is 3. The Kier molecular flexibility index (Phi) is 20.7. The Morgan fingerprint density at radius 1 is 0.694 bits per heavy atom. The van der Waals surface area contributed by atoms with Crippen molar-refractivity contribution in [2.45, 2.75) is 160 Å². The Morgan fingerprint density at radius 2 is 1.14 bits per heavy atom. The highest BCUT2D eigenvalue weighted by Gasteiger charge is 2.09. The van der Waals surface area contributed by atoms with Crippen LogP contribution in [0.15, 0.2) is 24.3 Å². The van der Waals surface area contributed by atoms with E-state index in [0.29, 0.717) is 5.56 Å². The first kappa shape index (κ1) is 32.6. The molecule has 0 fully saturated rings. The lowest BCUT2D eigenvalue weighted by molar-refractivity contribution is 0.0696. The van der Waals surface area contributed by atoms with E-state index in [1.807, 2.05) is 12.1 Å². The SMILES string of the molecule is CCCCCCCCCCCCCC(N)CC(N)CCCCCCCCCc1cccc(C(=O)O)c1. The van der Waals surface area contributed by atoms with Crippen LogP contribution < -0.4 is 11.5 Å². The summed E-state index contributed by atoms with van der Waals surface area (Å²) in [5, 5.41) is 9.08. The van der Waals surface area contributed by atoms with E-state index >= 15 is 0 Å². The quantitative estimate of drug-likeness (QED) is 0.117. The van der Waals surface area contributed by atoms with Gasteiger partial charge in [-0.3, -0.25) is 0 Å². The number of carbonyl (C=O) groups is 1. The van der Waals surface area contributed by atoms with Crippen LogP contribution in [-0.4, -0.2) is 23.2 Å². The molecule has 4 heteroatoms. The summed E-state index contributed by atoms with van der Waals surface area (Å²) in [5.41, 5.74) is 14.2. The number of unbranched alkanes of at least 4 members (excludes halogenated alkanes) is 16. The largest absolute Gasteiger partial charge is 0.478 e. The van der Waals surface area contributed by atoms with Crippen LogP contribution in [0, 0.1) is 0 Å². The molecule has 0 bridgehead atoms. The van der Waals surface area contributed by atoms with Crippen LogP contribution in [0.4, 0.5) is 0 Å². The van der Waals surface area contributed by atoms with Crippen molar-refractivity contribution in [3.8, 4) is 0 Å². The smallest absolute Gasteiger partial charge is 0.335 e. The van der Waals surface area contributed by atoms with E-state index < -0.39 is 5.97 Å². The first-order valence-corrected chi connectivity index (χ1v) is 15.4. The standard InChI is InChI=1S/C32H58N2O2/c1-2-3-4-5-6-7-8-9-12-15-18-24-30(33)27-31(34)25-19-16-13-10-11-14-17-21-28-22-20-23-29(26-28)32(35)36/h20,22-23,26,30-31H,2-19,21,24-25,27,33-34H2,1H3,(H,35,36). The number of hydrogen-bond acceptors (Lipinski definition) is 3. The van der Waals surface area contributed by atoms with E-state index in [-0.39, 0.29) is 12.1 Å². The molecule has 2 unspecified atom stereocenters. The minimum atomic E-state index is -0.845. The molecule has 208 valence electrons. The molecule has 0 aromatic heterocycles. The second-order valence-electron chi connectivity index (χ2n) is 11.1. The Morgan fingerprint density at radius 3 is 1.61 bits per heavy atom. The molecule has 1 aromatic rings. The van der Waals surface area contributed by atoms with Gasteiger partial charge >= 0.3 is 5.97 Å². The maximum atomic E-state index is 11.1. The van der Waals surface area contributed by atoms with Crippen molar-refractivity contribution in [2.75, 3.05) is 0 Å². The lowest BCUT2D eigenvalue weighted by Gasteiger charge is -2.17. The Balaban J connectivity index is 1.87.